The number of hydrogen-bond acceptors (Lipinski definition) is 6. The van der Waals surface area contributed by atoms with Crippen molar-refractivity contribution in [2.45, 2.75) is 45.2 Å². The molecule has 0 fully saturated rings. The van der Waals surface area contributed by atoms with Gasteiger partial charge in [-0.25, -0.2) is 0 Å². The topological polar surface area (TPSA) is 76.4 Å². The van der Waals surface area contributed by atoms with Gasteiger partial charge in [0.05, 0.1) is 24.9 Å². The zero-order valence-electron chi connectivity index (χ0n) is 20.3. The van der Waals surface area contributed by atoms with E-state index in [1.165, 1.54) is 11.1 Å². The Bertz CT molecular complexity index is 630. The Labute approximate surface area is 194 Å². The molecule has 6 heteroatoms. The van der Waals surface area contributed by atoms with Gasteiger partial charge in [-0.15, -0.1) is 0 Å². The fraction of sp³-hybridized carbons (Fsp3) is 0.538. The number of aliphatic hydroxyl groups excluding tert-OH is 3. The maximum Gasteiger partial charge on any atom is 0.108 e. The average molecular weight is 447 g/mol. The number of hydrogen-bond donors (Lipinski definition) is 3. The molecular formula is C26H42N2O4. The van der Waals surface area contributed by atoms with Gasteiger partial charge in [0.25, 0.3) is 0 Å². The predicted molar refractivity (Wildman–Crippen MR) is 131 cm³/mol. The minimum Gasteiger partial charge on any atom is -0.392 e. The van der Waals surface area contributed by atoms with Gasteiger partial charge in [-0.2, -0.15) is 0 Å². The van der Waals surface area contributed by atoms with Gasteiger partial charge in [-0.3, -0.25) is 4.90 Å². The Morgan fingerprint density at radius 3 is 1.38 bits per heavy atom. The van der Waals surface area contributed by atoms with E-state index in [0.717, 1.165) is 13.2 Å². The molecule has 0 saturated heterocycles. The fourth-order valence-corrected chi connectivity index (χ4v) is 3.34. The van der Waals surface area contributed by atoms with E-state index in [1.54, 1.807) is 20.8 Å². The smallest absolute Gasteiger partial charge is 0.108 e. The van der Waals surface area contributed by atoms with Crippen LogP contribution in [-0.2, 0) is 4.74 Å². The van der Waals surface area contributed by atoms with Gasteiger partial charge in [-0.1, -0.05) is 60.7 Å². The Balaban J connectivity index is 0.000000347. The molecule has 32 heavy (non-hydrogen) atoms. The number of rotatable bonds is 12. The zero-order valence-corrected chi connectivity index (χ0v) is 20.3. The van der Waals surface area contributed by atoms with Crippen molar-refractivity contribution in [3.8, 4) is 0 Å². The second-order valence-corrected chi connectivity index (χ2v) is 8.64. The van der Waals surface area contributed by atoms with Gasteiger partial charge in [-0.05, 0) is 46.0 Å². The fourth-order valence-electron chi connectivity index (χ4n) is 3.34. The van der Waals surface area contributed by atoms with Gasteiger partial charge in [0, 0.05) is 26.2 Å². The lowest BCUT2D eigenvalue weighted by atomic mass is 10.0. The van der Waals surface area contributed by atoms with Crippen LogP contribution >= 0.6 is 0 Å². The van der Waals surface area contributed by atoms with Crippen molar-refractivity contribution in [2.75, 3.05) is 46.9 Å². The Hall–Kier alpha value is -1.80. The molecule has 0 bridgehead atoms. The van der Waals surface area contributed by atoms with E-state index in [2.05, 4.69) is 67.5 Å². The molecule has 3 unspecified atom stereocenters. The van der Waals surface area contributed by atoms with Crippen LogP contribution in [0.3, 0.4) is 0 Å². The highest BCUT2D eigenvalue weighted by Gasteiger charge is 2.14. The van der Waals surface area contributed by atoms with Gasteiger partial charge in [0.15, 0.2) is 0 Å². The Morgan fingerprint density at radius 2 is 1.06 bits per heavy atom. The van der Waals surface area contributed by atoms with Crippen molar-refractivity contribution in [1.82, 2.24) is 9.80 Å². The molecule has 0 aromatic heterocycles. The van der Waals surface area contributed by atoms with E-state index in [-0.39, 0.29) is 6.10 Å². The lowest BCUT2D eigenvalue weighted by Gasteiger charge is -2.25. The van der Waals surface area contributed by atoms with E-state index < -0.39 is 18.3 Å². The van der Waals surface area contributed by atoms with Crippen molar-refractivity contribution in [2.24, 2.45) is 0 Å². The Morgan fingerprint density at radius 1 is 0.688 bits per heavy atom. The highest BCUT2D eigenvalue weighted by molar-refractivity contribution is 5.29. The van der Waals surface area contributed by atoms with Crippen molar-refractivity contribution in [3.63, 3.8) is 0 Å². The number of ether oxygens (including phenoxy) is 1. The molecule has 0 spiro atoms. The lowest BCUT2D eigenvalue weighted by Crippen LogP contribution is -2.40. The van der Waals surface area contributed by atoms with Crippen molar-refractivity contribution in [3.05, 3.63) is 71.8 Å². The molecule has 180 valence electrons. The monoisotopic (exact) mass is 446 g/mol. The van der Waals surface area contributed by atoms with Gasteiger partial charge < -0.3 is 25.0 Å². The van der Waals surface area contributed by atoms with Crippen molar-refractivity contribution in [1.29, 1.82) is 0 Å². The molecule has 0 radical (unpaired) electrons. The van der Waals surface area contributed by atoms with E-state index in [4.69, 9.17) is 20.1 Å². The molecule has 2 aromatic carbocycles. The van der Waals surface area contributed by atoms with Crippen LogP contribution in [0.2, 0.25) is 0 Å². The van der Waals surface area contributed by atoms with Gasteiger partial charge in [0.2, 0.25) is 0 Å². The van der Waals surface area contributed by atoms with E-state index >= 15 is 0 Å². The molecule has 3 atom stereocenters. The molecule has 2 aromatic rings. The minimum atomic E-state index is -0.433. The maximum absolute atomic E-state index is 9.14. The summed E-state index contributed by atoms with van der Waals surface area (Å²) >= 11 is 0. The van der Waals surface area contributed by atoms with E-state index in [0.29, 0.717) is 19.6 Å². The molecule has 0 aliphatic rings. The van der Waals surface area contributed by atoms with Crippen LogP contribution in [0.15, 0.2) is 60.7 Å². The molecule has 3 N–H and O–H groups in total. The third-order valence-corrected chi connectivity index (χ3v) is 4.59. The summed E-state index contributed by atoms with van der Waals surface area (Å²) in [4.78, 5) is 3.98. The summed E-state index contributed by atoms with van der Waals surface area (Å²) < 4.78 is 6.08. The summed E-state index contributed by atoms with van der Waals surface area (Å²) in [6.45, 7) is 8.17. The molecule has 0 aliphatic heterocycles. The summed E-state index contributed by atoms with van der Waals surface area (Å²) in [6, 6.07) is 20.8. The van der Waals surface area contributed by atoms with Crippen molar-refractivity contribution < 1.29 is 20.1 Å². The van der Waals surface area contributed by atoms with Gasteiger partial charge >= 0.3 is 0 Å². The number of benzene rings is 2. The lowest BCUT2D eigenvalue weighted by molar-refractivity contribution is 0.0530. The molecule has 6 nitrogen and oxygen atoms in total. The average Bonchev–Trinajstić information content (AvgIpc) is 2.71. The van der Waals surface area contributed by atoms with Crippen LogP contribution < -0.4 is 0 Å². The van der Waals surface area contributed by atoms with Crippen LogP contribution in [0.25, 0.3) is 0 Å². The molecule has 2 rings (SSSR count). The van der Waals surface area contributed by atoms with Crippen LogP contribution in [0, 0.1) is 0 Å². The molecule has 0 amide bonds. The summed E-state index contributed by atoms with van der Waals surface area (Å²) in [6.07, 6.45) is -1.28. The quantitative estimate of drug-likeness (QED) is 0.466. The Kier molecular flexibility index (Phi) is 14.0. The molecular weight excluding hydrogens is 404 g/mol. The van der Waals surface area contributed by atoms with E-state index in [1.807, 2.05) is 17.0 Å². The first-order valence-electron chi connectivity index (χ1n) is 11.3. The standard InChI is InChI=1S/C17H21NO.C9H21NO3/c1-18(2)13-14-19-17(15-9-5-3-6-10-15)16-11-7-4-8-12-16;1-7(11)4-10(5-8(2)12)6-9(3)13/h3-12,17H,13-14H2,1-2H3;7-9,11-13H,4-6H2,1-3H3. The first-order chi connectivity index (χ1) is 15.2. The third kappa shape index (κ3) is 12.9. The van der Waals surface area contributed by atoms with Crippen LogP contribution in [-0.4, -0.2) is 90.3 Å². The second-order valence-electron chi connectivity index (χ2n) is 8.64. The molecule has 0 saturated carbocycles. The SMILES string of the molecule is CC(O)CN(CC(C)O)CC(C)O.CN(C)CCOC(c1ccccc1)c1ccccc1. The molecule has 0 aliphatic carbocycles. The largest absolute Gasteiger partial charge is 0.392 e. The predicted octanol–water partition coefficient (Wildman–Crippen LogP) is 2.79. The third-order valence-electron chi connectivity index (χ3n) is 4.59. The number of aliphatic hydroxyl groups is 3. The highest BCUT2D eigenvalue weighted by Crippen LogP contribution is 2.25. The first kappa shape index (κ1) is 28.2. The normalized spacial score (nSPS) is 14.2. The van der Waals surface area contributed by atoms with Crippen LogP contribution in [0.4, 0.5) is 0 Å². The summed E-state index contributed by atoms with van der Waals surface area (Å²) in [5.41, 5.74) is 2.40. The number of likely N-dealkylation sites (N-methyl/N-ethyl adjacent to an activating group) is 1. The first-order valence-corrected chi connectivity index (χ1v) is 11.3. The molecule has 0 heterocycles. The van der Waals surface area contributed by atoms with Crippen LogP contribution in [0.1, 0.15) is 38.0 Å². The van der Waals surface area contributed by atoms with Crippen LogP contribution in [0.5, 0.6) is 0 Å². The minimum absolute atomic E-state index is 0.0161. The summed E-state index contributed by atoms with van der Waals surface area (Å²) in [5, 5.41) is 27.4. The van der Waals surface area contributed by atoms with Crippen molar-refractivity contribution >= 4 is 0 Å². The zero-order chi connectivity index (χ0) is 23.9. The van der Waals surface area contributed by atoms with Gasteiger partial charge in [0.1, 0.15) is 6.10 Å². The maximum atomic E-state index is 9.14. The summed E-state index contributed by atoms with van der Waals surface area (Å²) in [7, 11) is 4.12. The summed E-state index contributed by atoms with van der Waals surface area (Å²) in [5.74, 6) is 0. The number of nitrogens with zero attached hydrogens (tertiary/aromatic N) is 2. The second kappa shape index (κ2) is 15.9. The highest BCUT2D eigenvalue weighted by atomic mass is 16.5. The van der Waals surface area contributed by atoms with E-state index in [9.17, 15) is 0 Å².